The summed E-state index contributed by atoms with van der Waals surface area (Å²) in [6.07, 6.45) is -5.72. The zero-order valence-electron chi connectivity index (χ0n) is 74.7. The smallest absolute Gasteiger partial charge is 0.444 e. The van der Waals surface area contributed by atoms with Crippen molar-refractivity contribution in [2.45, 2.75) is 175 Å². The average molecular weight is 1810 g/mol. The van der Waals surface area contributed by atoms with Crippen LogP contribution in [-0.2, 0) is 28.3 Å². The Morgan fingerprint density at radius 1 is 0.516 bits per heavy atom. The fourth-order valence-electron chi connectivity index (χ4n) is 17.4. The lowest BCUT2D eigenvalue weighted by Gasteiger charge is -2.32. The van der Waals surface area contributed by atoms with Crippen LogP contribution in [0.1, 0.15) is 147 Å². The molecule has 1 aliphatic carbocycles. The van der Waals surface area contributed by atoms with Crippen molar-refractivity contribution >= 4 is 83.0 Å². The van der Waals surface area contributed by atoms with Gasteiger partial charge in [-0.15, -0.1) is 0 Å². The molecule has 9 aliphatic heterocycles. The maximum absolute atomic E-state index is 13.0. The number of nitrogens with one attached hydrogen (secondary N) is 4. The molecule has 694 valence electrons. The molecule has 10 aliphatic rings. The predicted molar refractivity (Wildman–Crippen MR) is 479 cm³/mol. The Hall–Kier alpha value is -9.45. The number of nitrogens with zero attached hydrogens (tertiary/aromatic N) is 10. The number of halogens is 10. The van der Waals surface area contributed by atoms with E-state index in [0.29, 0.717) is 126 Å². The normalized spacial score (nSPS) is 21.3. The Morgan fingerprint density at radius 3 is 1.31 bits per heavy atom. The SMILES string of the molecule is CC1(C)OB(C2=CCCC2)OC1(C)C.Cc1ccc(NC(=O)N2CC[C@@H](CC(F)(F)F)C2)cc1-c1cc(C2=CCN(C(=O)OC(C)(C)C)C2)nc(N2CCOCC2)c1.Cc1ccc(NC(=O)N2CC[C@@H](CC(F)(F)F)C2)cc1-c1cc(C2CCNC2)nc(N2CCOCC2)c1.Cc1ccc(NC(=O)N2CC[C@@H](CC(F)(F)F)C2)cc1-c1cc(Cl)nc(N2CCOCC2)c1. The molecule has 8 saturated heterocycles. The number of carbonyl (C=O) groups excluding carboxylic acids is 4. The summed E-state index contributed by atoms with van der Waals surface area (Å²) in [6.45, 7) is 32.0. The highest BCUT2D eigenvalue weighted by atomic mass is 35.5. The lowest BCUT2D eigenvalue weighted by Crippen LogP contribution is -2.41. The van der Waals surface area contributed by atoms with Gasteiger partial charge in [-0.1, -0.05) is 42.0 Å². The molecular weight excluding hydrogens is 1690 g/mol. The number of aromatic nitrogens is 3. The molecule has 8 fully saturated rings. The highest BCUT2D eigenvalue weighted by molar-refractivity contribution is 6.54. The summed E-state index contributed by atoms with van der Waals surface area (Å²) in [7, 11) is -0.0949. The van der Waals surface area contributed by atoms with Crippen LogP contribution in [0.2, 0.25) is 5.15 Å². The number of morpholine rings is 3. The number of benzene rings is 3. The maximum Gasteiger partial charge on any atom is 0.490 e. The second-order valence-electron chi connectivity index (χ2n) is 36.8. The first kappa shape index (κ1) is 96.1. The van der Waals surface area contributed by atoms with E-state index in [1.165, 1.54) is 33.0 Å². The summed E-state index contributed by atoms with van der Waals surface area (Å²) in [5, 5.41) is 12.4. The number of aryl methyl sites for hydroxylation is 3. The molecule has 0 radical (unpaired) electrons. The summed E-state index contributed by atoms with van der Waals surface area (Å²) in [6, 6.07) is 27.7. The molecule has 4 atom stereocenters. The molecule has 35 heteroatoms. The van der Waals surface area contributed by atoms with Crippen molar-refractivity contribution in [2.75, 3.05) is 175 Å². The lowest BCUT2D eigenvalue weighted by atomic mass is 9.78. The summed E-state index contributed by atoms with van der Waals surface area (Å²) in [5.41, 5.74) is 13.5. The van der Waals surface area contributed by atoms with Gasteiger partial charge in [0, 0.05) is 140 Å². The van der Waals surface area contributed by atoms with Gasteiger partial charge in [0.1, 0.15) is 28.2 Å². The molecule has 4 N–H and O–H groups in total. The number of hydrogen-bond acceptors (Lipinski definition) is 17. The van der Waals surface area contributed by atoms with Gasteiger partial charge in [0.15, 0.2) is 0 Å². The van der Waals surface area contributed by atoms with E-state index in [9.17, 15) is 58.7 Å². The topological polar surface area (TPSA) is 233 Å². The van der Waals surface area contributed by atoms with Crippen LogP contribution in [0, 0.1) is 38.5 Å². The van der Waals surface area contributed by atoms with Crippen LogP contribution < -0.4 is 36.0 Å². The van der Waals surface area contributed by atoms with Crippen molar-refractivity contribution in [3.05, 3.63) is 142 Å². The molecule has 3 aromatic carbocycles. The van der Waals surface area contributed by atoms with E-state index >= 15 is 0 Å². The maximum atomic E-state index is 13.0. The second-order valence-corrected chi connectivity index (χ2v) is 37.1. The van der Waals surface area contributed by atoms with Gasteiger partial charge in [-0.25, -0.2) is 34.1 Å². The van der Waals surface area contributed by atoms with E-state index in [4.69, 9.17) is 49.8 Å². The molecule has 1 unspecified atom stereocenters. The standard InChI is InChI=1S/C32H40F3N5O4.C27H34F3N5O2.C23H26ClF3N4O2.C11H19BO2/c1-21-5-6-25(36-29(41)39-9-7-22(19-39)18-32(33,34)35)17-26(21)24-15-27(37-28(16-24)38-11-13-43-14-12-38)23-8-10-40(20-23)30(42)44-31(2,3)4;1-18-2-3-22(32-26(36)35-7-5-19(17-35)15-27(28,29)30)14-23(18)21-12-24(20-4-6-31-16-20)33-25(13-21)34-8-10-37-11-9-34;1-15-2-3-18(28-22(32)31-5-4-16(14-31)13-23(25,26)27)12-19(15)17-10-20(24)29-21(11-17)30-6-8-33-9-7-30;1-10(2)11(3,4)14-12(13-10)9-7-5-6-8-9/h5-6,8,15-17,22H,7,9-14,18-20H2,1-4H3,(H,36,41);2-3,12-14,19-20,31H,4-11,15-17H2,1H3,(H,32,36);2-3,10-12,16H,4-9,13-14H2,1H3,(H,28,32);7H,5-6,8H2,1-4H3/t22-;19-,20?;16-;/m000./s1. The molecule has 0 spiro atoms. The van der Waals surface area contributed by atoms with Gasteiger partial charge in [0.05, 0.1) is 63.1 Å². The first-order chi connectivity index (χ1) is 60.6. The van der Waals surface area contributed by atoms with Gasteiger partial charge in [-0.2, -0.15) is 39.5 Å². The third-order valence-electron chi connectivity index (χ3n) is 25.1. The van der Waals surface area contributed by atoms with Crippen LogP contribution >= 0.6 is 11.6 Å². The number of alkyl halides is 9. The highest BCUT2D eigenvalue weighted by Gasteiger charge is 2.53. The van der Waals surface area contributed by atoms with Crippen molar-refractivity contribution in [1.29, 1.82) is 0 Å². The van der Waals surface area contributed by atoms with Crippen molar-refractivity contribution in [3.8, 4) is 33.4 Å². The Bertz CT molecular complexity index is 4940. The average Bonchev–Trinajstić information content (AvgIpc) is 1.62. The summed E-state index contributed by atoms with van der Waals surface area (Å²) < 4.78 is 149. The van der Waals surface area contributed by atoms with E-state index in [1.807, 2.05) is 108 Å². The quantitative estimate of drug-likeness (QED) is 0.0425. The predicted octanol–water partition coefficient (Wildman–Crippen LogP) is 19.2. The van der Waals surface area contributed by atoms with Crippen LogP contribution in [0.3, 0.4) is 0 Å². The van der Waals surface area contributed by atoms with Gasteiger partial charge in [-0.3, -0.25) is 0 Å². The number of likely N-dealkylation sites (tertiary alicyclic amines) is 3. The number of amides is 7. The molecule has 24 nitrogen and oxygen atoms in total. The Labute approximate surface area is 748 Å². The van der Waals surface area contributed by atoms with Crippen LogP contribution in [0.5, 0.6) is 0 Å². The number of hydrogen-bond donors (Lipinski definition) is 4. The fraction of sp³-hybridized carbons (Fsp3) is 0.559. The van der Waals surface area contributed by atoms with E-state index in [1.54, 1.807) is 23.1 Å². The second kappa shape index (κ2) is 41.3. The van der Waals surface area contributed by atoms with Crippen LogP contribution in [-0.4, -0.2) is 246 Å². The third-order valence-corrected chi connectivity index (χ3v) is 25.3. The Kier molecular flexibility index (Phi) is 31.0. The number of pyridine rings is 3. The molecule has 16 rings (SSSR count). The number of ether oxygens (including phenoxy) is 4. The summed E-state index contributed by atoms with van der Waals surface area (Å²) in [5.74, 6) is 1.16. The number of urea groups is 3. The zero-order valence-corrected chi connectivity index (χ0v) is 75.4. The Balaban J connectivity index is 0.000000153. The van der Waals surface area contributed by atoms with Gasteiger partial charge in [-0.05, 0) is 272 Å². The minimum atomic E-state index is -4.24. The fourth-order valence-corrected chi connectivity index (χ4v) is 17.6. The van der Waals surface area contributed by atoms with Gasteiger partial charge in [0.2, 0.25) is 0 Å². The minimum absolute atomic E-state index is 0.0795. The monoisotopic (exact) mass is 1810 g/mol. The molecular formula is C93H119BClF9N14O10. The zero-order chi connectivity index (χ0) is 91.6. The Morgan fingerprint density at radius 2 is 0.922 bits per heavy atom. The first-order valence-electron chi connectivity index (χ1n) is 44.4. The van der Waals surface area contributed by atoms with Crippen LogP contribution in [0.25, 0.3) is 39.0 Å². The summed E-state index contributed by atoms with van der Waals surface area (Å²) in [4.78, 5) is 78.2. The van der Waals surface area contributed by atoms with Gasteiger partial charge >= 0.3 is 49.8 Å². The molecule has 12 heterocycles. The number of rotatable bonds is 15. The van der Waals surface area contributed by atoms with Crippen LogP contribution in [0.4, 0.5) is 93.2 Å². The van der Waals surface area contributed by atoms with Gasteiger partial charge in [0.25, 0.3) is 0 Å². The molecule has 7 amide bonds. The summed E-state index contributed by atoms with van der Waals surface area (Å²) >= 11 is 6.32. The third kappa shape index (κ3) is 26.5. The van der Waals surface area contributed by atoms with Crippen molar-refractivity contribution in [2.24, 2.45) is 17.8 Å². The first-order valence-corrected chi connectivity index (χ1v) is 44.8. The van der Waals surface area contributed by atoms with Crippen molar-refractivity contribution in [3.63, 3.8) is 0 Å². The largest absolute Gasteiger partial charge is 0.490 e. The number of anilines is 6. The van der Waals surface area contributed by atoms with Crippen LogP contribution in [0.15, 0.2) is 109 Å². The molecule has 0 bridgehead atoms. The lowest BCUT2D eigenvalue weighted by molar-refractivity contribution is -0.144. The van der Waals surface area contributed by atoms with E-state index in [2.05, 4.69) is 86.9 Å². The molecule has 0 saturated carbocycles. The van der Waals surface area contributed by atoms with E-state index in [-0.39, 0.29) is 56.6 Å². The molecule has 3 aromatic heterocycles. The van der Waals surface area contributed by atoms with E-state index < -0.39 is 73.2 Å². The molecule has 6 aromatic rings. The van der Waals surface area contributed by atoms with E-state index in [0.717, 1.165) is 137 Å². The minimum Gasteiger partial charge on any atom is -0.444 e. The highest BCUT2D eigenvalue weighted by Crippen LogP contribution is 2.43. The molecule has 128 heavy (non-hydrogen) atoms. The van der Waals surface area contributed by atoms with Crippen molar-refractivity contribution < 1.29 is 86.9 Å². The number of allylic oxidation sites excluding steroid dienone is 2. The van der Waals surface area contributed by atoms with Gasteiger partial charge < -0.3 is 83.8 Å². The number of carbonyl (C=O) groups is 4. The van der Waals surface area contributed by atoms with Crippen molar-refractivity contribution in [1.82, 2.24) is 39.9 Å².